The average Bonchev–Trinajstić information content (AvgIpc) is 3.01. The van der Waals surface area contributed by atoms with Gasteiger partial charge in [-0.1, -0.05) is 6.07 Å². The monoisotopic (exact) mass is 359 g/mol. The smallest absolute Gasteiger partial charge is 0.351 e. The van der Waals surface area contributed by atoms with Gasteiger partial charge in [-0.25, -0.2) is 9.59 Å². The number of methoxy groups -OCH3 is 2. The molecule has 0 unspecified atom stereocenters. The van der Waals surface area contributed by atoms with Crippen molar-refractivity contribution < 1.29 is 23.5 Å². The van der Waals surface area contributed by atoms with Crippen molar-refractivity contribution in [1.29, 1.82) is 0 Å². The molecule has 0 aliphatic rings. The third-order valence-electron chi connectivity index (χ3n) is 3.40. The van der Waals surface area contributed by atoms with Gasteiger partial charge in [0, 0.05) is 11.6 Å². The van der Waals surface area contributed by atoms with Gasteiger partial charge in [-0.05, 0) is 24.3 Å². The van der Waals surface area contributed by atoms with E-state index in [1.165, 1.54) is 37.7 Å². The number of benzene rings is 1. The Kier molecular flexibility index (Phi) is 4.53. The normalized spacial score (nSPS) is 10.5. The van der Waals surface area contributed by atoms with Crippen LogP contribution in [0.4, 0.5) is 5.00 Å². The van der Waals surface area contributed by atoms with Gasteiger partial charge in [-0.2, -0.15) is 0 Å². The fourth-order valence-electron chi connectivity index (χ4n) is 2.18. The van der Waals surface area contributed by atoms with E-state index < -0.39 is 11.6 Å². The number of esters is 1. The maximum atomic E-state index is 12.3. The van der Waals surface area contributed by atoms with Crippen LogP contribution in [-0.4, -0.2) is 26.1 Å². The standard InChI is InChI=1S/C17H13NO6S/c1-22-10-5-3-4-9(6-10)15(19)18-14-8-12-13(25-14)7-11(16(20)23-2)17(21)24-12/h3-8H,1-2H3,(H,18,19). The van der Waals surface area contributed by atoms with E-state index in [4.69, 9.17) is 9.15 Å². The molecule has 1 N–H and O–H groups in total. The number of anilines is 1. The van der Waals surface area contributed by atoms with Gasteiger partial charge >= 0.3 is 11.6 Å². The van der Waals surface area contributed by atoms with Crippen LogP contribution in [0, 0.1) is 0 Å². The summed E-state index contributed by atoms with van der Waals surface area (Å²) >= 11 is 1.18. The maximum absolute atomic E-state index is 12.3. The first-order valence-electron chi connectivity index (χ1n) is 7.13. The first-order chi connectivity index (χ1) is 12.0. The van der Waals surface area contributed by atoms with Crippen LogP contribution in [0.15, 0.2) is 45.6 Å². The van der Waals surface area contributed by atoms with Crippen molar-refractivity contribution in [1.82, 2.24) is 0 Å². The van der Waals surface area contributed by atoms with E-state index >= 15 is 0 Å². The number of amides is 1. The molecule has 0 radical (unpaired) electrons. The van der Waals surface area contributed by atoms with E-state index in [1.54, 1.807) is 24.3 Å². The number of nitrogens with one attached hydrogen (secondary N) is 1. The number of thiophene rings is 1. The second-order valence-corrected chi connectivity index (χ2v) is 6.05. The van der Waals surface area contributed by atoms with Crippen molar-refractivity contribution in [3.05, 3.63) is 57.9 Å². The Labute approximate surface area is 145 Å². The highest BCUT2D eigenvalue weighted by atomic mass is 32.1. The molecule has 0 bridgehead atoms. The summed E-state index contributed by atoms with van der Waals surface area (Å²) in [5.74, 6) is -0.537. The minimum Gasteiger partial charge on any atom is -0.497 e. The molecule has 1 amide bonds. The zero-order valence-electron chi connectivity index (χ0n) is 13.3. The number of ether oxygens (including phenoxy) is 2. The Bertz CT molecular complexity index is 1020. The molecule has 0 saturated carbocycles. The first-order valence-corrected chi connectivity index (χ1v) is 7.95. The lowest BCUT2D eigenvalue weighted by atomic mass is 10.2. The summed E-state index contributed by atoms with van der Waals surface area (Å²) in [6.07, 6.45) is 0. The molecule has 1 aromatic carbocycles. The molecule has 0 atom stereocenters. The first kappa shape index (κ1) is 16.7. The van der Waals surface area contributed by atoms with E-state index in [1.807, 2.05) is 0 Å². The highest BCUT2D eigenvalue weighted by molar-refractivity contribution is 7.22. The van der Waals surface area contributed by atoms with Gasteiger partial charge in [-0.3, -0.25) is 4.79 Å². The lowest BCUT2D eigenvalue weighted by molar-refractivity contribution is 0.0596. The Balaban J connectivity index is 1.90. The molecule has 0 fully saturated rings. The molecule has 3 rings (SSSR count). The van der Waals surface area contributed by atoms with Crippen molar-refractivity contribution in [2.45, 2.75) is 0 Å². The van der Waals surface area contributed by atoms with Crippen LogP contribution in [0.1, 0.15) is 20.7 Å². The molecule has 7 nitrogen and oxygen atoms in total. The molecular formula is C17H13NO6S. The average molecular weight is 359 g/mol. The molecule has 0 spiro atoms. The van der Waals surface area contributed by atoms with Crippen LogP contribution in [0.25, 0.3) is 10.3 Å². The Morgan fingerprint density at radius 3 is 2.68 bits per heavy atom. The largest absolute Gasteiger partial charge is 0.497 e. The number of rotatable bonds is 4. The van der Waals surface area contributed by atoms with Crippen LogP contribution in [0.3, 0.4) is 0 Å². The minimum atomic E-state index is -0.789. The SMILES string of the molecule is COC(=O)c1cc2sc(NC(=O)c3cccc(OC)c3)cc2oc1=O. The van der Waals surface area contributed by atoms with Crippen molar-refractivity contribution in [3.8, 4) is 5.75 Å². The van der Waals surface area contributed by atoms with Crippen LogP contribution in [0.5, 0.6) is 5.75 Å². The molecular weight excluding hydrogens is 346 g/mol. The van der Waals surface area contributed by atoms with E-state index in [0.29, 0.717) is 21.0 Å². The summed E-state index contributed by atoms with van der Waals surface area (Å²) in [6.45, 7) is 0. The van der Waals surface area contributed by atoms with Gasteiger partial charge in [0.2, 0.25) is 0 Å². The number of carbonyl (C=O) groups is 2. The third-order valence-corrected chi connectivity index (χ3v) is 4.38. The number of carbonyl (C=O) groups excluding carboxylic acids is 2. The van der Waals surface area contributed by atoms with Crippen LogP contribution in [0.2, 0.25) is 0 Å². The Hall–Kier alpha value is -3.13. The molecule has 0 saturated heterocycles. The van der Waals surface area contributed by atoms with Crippen molar-refractivity contribution >= 4 is 38.5 Å². The van der Waals surface area contributed by atoms with E-state index in [-0.39, 0.29) is 17.1 Å². The summed E-state index contributed by atoms with van der Waals surface area (Å²) in [5, 5.41) is 3.21. The zero-order valence-corrected chi connectivity index (χ0v) is 14.1. The summed E-state index contributed by atoms with van der Waals surface area (Å²) < 4.78 is 15.3. The molecule has 128 valence electrons. The van der Waals surface area contributed by atoms with Gasteiger partial charge in [0.15, 0.2) is 5.58 Å². The molecule has 0 aliphatic carbocycles. The summed E-state index contributed by atoms with van der Waals surface area (Å²) in [4.78, 5) is 35.7. The summed E-state index contributed by atoms with van der Waals surface area (Å²) in [7, 11) is 2.70. The third kappa shape index (κ3) is 3.38. The predicted octanol–water partition coefficient (Wildman–Crippen LogP) is 2.90. The van der Waals surface area contributed by atoms with E-state index in [2.05, 4.69) is 10.1 Å². The minimum absolute atomic E-state index is 0.192. The molecule has 2 aromatic heterocycles. The fraction of sp³-hybridized carbons (Fsp3) is 0.118. The predicted molar refractivity (Wildman–Crippen MR) is 92.6 cm³/mol. The Morgan fingerprint density at radius 1 is 1.16 bits per heavy atom. The highest BCUT2D eigenvalue weighted by Gasteiger charge is 2.16. The highest BCUT2D eigenvalue weighted by Crippen LogP contribution is 2.30. The molecule has 2 heterocycles. The van der Waals surface area contributed by atoms with Crippen LogP contribution < -0.4 is 15.7 Å². The van der Waals surface area contributed by atoms with Crippen molar-refractivity contribution in [2.24, 2.45) is 0 Å². The molecule has 25 heavy (non-hydrogen) atoms. The van der Waals surface area contributed by atoms with Gasteiger partial charge in [0.25, 0.3) is 5.91 Å². The lowest BCUT2D eigenvalue weighted by Gasteiger charge is -2.04. The zero-order chi connectivity index (χ0) is 18.0. The van der Waals surface area contributed by atoms with Gasteiger partial charge in [0.05, 0.1) is 23.9 Å². The second-order valence-electron chi connectivity index (χ2n) is 4.96. The number of hydrogen-bond acceptors (Lipinski definition) is 7. The maximum Gasteiger partial charge on any atom is 0.351 e. The molecule has 0 aliphatic heterocycles. The number of hydrogen-bond donors (Lipinski definition) is 1. The van der Waals surface area contributed by atoms with Crippen molar-refractivity contribution in [3.63, 3.8) is 0 Å². The second kappa shape index (κ2) is 6.78. The number of fused-ring (bicyclic) bond motifs is 1. The van der Waals surface area contributed by atoms with Crippen molar-refractivity contribution in [2.75, 3.05) is 19.5 Å². The van der Waals surface area contributed by atoms with E-state index in [9.17, 15) is 14.4 Å². The molecule has 8 heteroatoms. The van der Waals surface area contributed by atoms with Gasteiger partial charge < -0.3 is 19.2 Å². The topological polar surface area (TPSA) is 94.8 Å². The molecule has 3 aromatic rings. The fourth-order valence-corrected chi connectivity index (χ4v) is 3.10. The van der Waals surface area contributed by atoms with Crippen LogP contribution >= 0.6 is 11.3 Å². The quantitative estimate of drug-likeness (QED) is 0.720. The van der Waals surface area contributed by atoms with Crippen LogP contribution in [-0.2, 0) is 4.74 Å². The summed E-state index contributed by atoms with van der Waals surface area (Å²) in [6, 6.07) is 9.62. The van der Waals surface area contributed by atoms with Gasteiger partial charge in [-0.15, -0.1) is 11.3 Å². The van der Waals surface area contributed by atoms with E-state index in [0.717, 1.165) is 0 Å². The lowest BCUT2D eigenvalue weighted by Crippen LogP contribution is -2.14. The van der Waals surface area contributed by atoms with Gasteiger partial charge in [0.1, 0.15) is 11.3 Å². The Morgan fingerprint density at radius 2 is 1.96 bits per heavy atom. The summed E-state index contributed by atoms with van der Waals surface area (Å²) in [5.41, 5.74) is -0.276.